The molecule has 0 saturated heterocycles. The van der Waals surface area contributed by atoms with Gasteiger partial charge in [0.1, 0.15) is 17.4 Å². The van der Waals surface area contributed by atoms with Crippen molar-refractivity contribution in [1.82, 2.24) is 9.97 Å². The van der Waals surface area contributed by atoms with Gasteiger partial charge in [0, 0.05) is 38.2 Å². The van der Waals surface area contributed by atoms with E-state index in [4.69, 9.17) is 9.47 Å². The molecule has 2 heterocycles. The number of hydrogen-bond donors (Lipinski definition) is 2. The SMILES string of the molecule is CCC(=O)c1cnc(Nc2ccc(S(C)(=O)=O)cn2)cc1Nc1ccc(COC)cc1OC. The number of pyridine rings is 2. The van der Waals surface area contributed by atoms with Gasteiger partial charge in [0.05, 0.1) is 35.6 Å². The minimum Gasteiger partial charge on any atom is -0.495 e. The van der Waals surface area contributed by atoms with Crippen LogP contribution in [0.3, 0.4) is 0 Å². The highest BCUT2D eigenvalue weighted by Crippen LogP contribution is 2.32. The van der Waals surface area contributed by atoms with Crippen molar-refractivity contribution in [3.63, 3.8) is 0 Å². The number of carbonyl (C=O) groups is 1. The van der Waals surface area contributed by atoms with Gasteiger partial charge in [-0.2, -0.15) is 0 Å². The number of benzene rings is 1. The smallest absolute Gasteiger partial charge is 0.177 e. The van der Waals surface area contributed by atoms with Gasteiger partial charge in [-0.25, -0.2) is 18.4 Å². The van der Waals surface area contributed by atoms with Crippen molar-refractivity contribution in [2.75, 3.05) is 31.1 Å². The number of carbonyl (C=O) groups excluding carboxylic acids is 1. The normalized spacial score (nSPS) is 11.2. The van der Waals surface area contributed by atoms with Crippen LogP contribution < -0.4 is 15.4 Å². The predicted molar refractivity (Wildman–Crippen MR) is 126 cm³/mol. The Balaban J connectivity index is 1.93. The third-order valence-electron chi connectivity index (χ3n) is 4.79. The van der Waals surface area contributed by atoms with Crippen LogP contribution in [0.2, 0.25) is 0 Å². The first-order chi connectivity index (χ1) is 15.7. The zero-order valence-corrected chi connectivity index (χ0v) is 19.7. The highest BCUT2D eigenvalue weighted by Gasteiger charge is 2.15. The summed E-state index contributed by atoms with van der Waals surface area (Å²) in [5.41, 5.74) is 2.61. The molecule has 0 atom stereocenters. The number of sulfone groups is 1. The molecule has 0 aliphatic heterocycles. The van der Waals surface area contributed by atoms with E-state index < -0.39 is 9.84 Å². The van der Waals surface area contributed by atoms with Crippen LogP contribution in [0.25, 0.3) is 0 Å². The quantitative estimate of drug-likeness (QED) is 0.422. The molecule has 2 aromatic heterocycles. The summed E-state index contributed by atoms with van der Waals surface area (Å²) in [5, 5.41) is 6.30. The van der Waals surface area contributed by atoms with E-state index in [1.807, 2.05) is 18.2 Å². The molecular weight excluding hydrogens is 444 g/mol. The Morgan fingerprint density at radius 1 is 0.970 bits per heavy atom. The summed E-state index contributed by atoms with van der Waals surface area (Å²) < 4.78 is 33.9. The Bertz CT molecular complexity index is 1240. The van der Waals surface area contributed by atoms with Crippen molar-refractivity contribution >= 4 is 38.6 Å². The summed E-state index contributed by atoms with van der Waals surface area (Å²) in [6.45, 7) is 2.23. The average molecular weight is 471 g/mol. The highest BCUT2D eigenvalue weighted by atomic mass is 32.2. The van der Waals surface area contributed by atoms with Gasteiger partial charge >= 0.3 is 0 Å². The first-order valence-corrected chi connectivity index (χ1v) is 12.0. The van der Waals surface area contributed by atoms with Gasteiger partial charge in [0.15, 0.2) is 15.6 Å². The molecule has 0 radical (unpaired) electrons. The van der Waals surface area contributed by atoms with Crippen molar-refractivity contribution in [3.8, 4) is 5.75 Å². The number of Topliss-reactive ketones (excluding diaryl/α,β-unsaturated/α-hetero) is 1. The van der Waals surface area contributed by atoms with Crippen molar-refractivity contribution in [2.24, 2.45) is 0 Å². The van der Waals surface area contributed by atoms with E-state index in [9.17, 15) is 13.2 Å². The molecule has 0 fully saturated rings. The number of ketones is 1. The third kappa shape index (κ3) is 6.05. The van der Waals surface area contributed by atoms with Crippen LogP contribution in [0.15, 0.2) is 53.7 Å². The van der Waals surface area contributed by atoms with Crippen molar-refractivity contribution < 1.29 is 22.7 Å². The van der Waals surface area contributed by atoms with Gasteiger partial charge in [-0.15, -0.1) is 0 Å². The molecule has 0 amide bonds. The van der Waals surface area contributed by atoms with Crippen LogP contribution in [0.4, 0.5) is 23.0 Å². The molecule has 0 saturated carbocycles. The van der Waals surface area contributed by atoms with E-state index in [2.05, 4.69) is 20.6 Å². The van der Waals surface area contributed by atoms with Crippen molar-refractivity contribution in [2.45, 2.75) is 24.8 Å². The van der Waals surface area contributed by atoms with Gasteiger partial charge < -0.3 is 20.1 Å². The minimum absolute atomic E-state index is 0.0675. The second-order valence-corrected chi connectivity index (χ2v) is 9.28. The van der Waals surface area contributed by atoms with Crippen LogP contribution >= 0.6 is 0 Å². The van der Waals surface area contributed by atoms with E-state index in [1.54, 1.807) is 33.3 Å². The maximum absolute atomic E-state index is 12.5. The average Bonchev–Trinajstić information content (AvgIpc) is 2.79. The maximum atomic E-state index is 12.5. The molecule has 9 nitrogen and oxygen atoms in total. The molecule has 10 heteroatoms. The fourth-order valence-electron chi connectivity index (χ4n) is 3.09. The Labute approximate surface area is 193 Å². The summed E-state index contributed by atoms with van der Waals surface area (Å²) in [5.74, 6) is 1.38. The number of nitrogens with zero attached hydrogens (tertiary/aromatic N) is 2. The lowest BCUT2D eigenvalue weighted by molar-refractivity contribution is 0.0988. The Morgan fingerprint density at radius 3 is 2.33 bits per heavy atom. The zero-order chi connectivity index (χ0) is 24.0. The Kier molecular flexibility index (Phi) is 7.62. The molecule has 3 rings (SSSR count). The monoisotopic (exact) mass is 470 g/mol. The second-order valence-electron chi connectivity index (χ2n) is 7.26. The Morgan fingerprint density at radius 2 is 1.73 bits per heavy atom. The zero-order valence-electron chi connectivity index (χ0n) is 18.9. The summed E-state index contributed by atoms with van der Waals surface area (Å²) in [6.07, 6.45) is 4.21. The minimum atomic E-state index is -3.34. The number of hydrogen-bond acceptors (Lipinski definition) is 9. The summed E-state index contributed by atoms with van der Waals surface area (Å²) in [7, 11) is -0.147. The number of ether oxygens (including phenoxy) is 2. The number of nitrogens with one attached hydrogen (secondary N) is 2. The van der Waals surface area contributed by atoms with Crippen LogP contribution in [0.5, 0.6) is 5.75 Å². The molecule has 174 valence electrons. The van der Waals surface area contributed by atoms with Gasteiger partial charge in [0.2, 0.25) is 0 Å². The fraction of sp³-hybridized carbons (Fsp3) is 0.261. The van der Waals surface area contributed by atoms with Crippen LogP contribution in [0, 0.1) is 0 Å². The second kappa shape index (κ2) is 10.4. The predicted octanol–water partition coefficient (Wildman–Crippen LogP) is 4.12. The Hall–Kier alpha value is -3.50. The molecule has 2 N–H and O–H groups in total. The number of rotatable bonds is 10. The van der Waals surface area contributed by atoms with Crippen molar-refractivity contribution in [1.29, 1.82) is 0 Å². The van der Waals surface area contributed by atoms with Gasteiger partial charge in [0.25, 0.3) is 0 Å². The standard InChI is InChI=1S/C23H26N4O5S/c1-5-20(28)17-13-25-23(27-22-9-7-16(12-24-22)33(4,29)30)11-19(17)26-18-8-6-15(14-31-2)10-21(18)32-3/h6-13H,5,14H2,1-4H3,(H2,24,25,26,27). The first kappa shape index (κ1) is 24.1. The van der Waals surface area contributed by atoms with Crippen LogP contribution in [-0.4, -0.2) is 44.6 Å². The van der Waals surface area contributed by atoms with E-state index in [-0.39, 0.29) is 10.7 Å². The van der Waals surface area contributed by atoms with Crippen LogP contribution in [-0.2, 0) is 21.2 Å². The number of aromatic nitrogens is 2. The summed E-state index contributed by atoms with van der Waals surface area (Å²) >= 11 is 0. The molecule has 1 aromatic carbocycles. The summed E-state index contributed by atoms with van der Waals surface area (Å²) in [4.78, 5) is 21.1. The maximum Gasteiger partial charge on any atom is 0.177 e. The lowest BCUT2D eigenvalue weighted by Crippen LogP contribution is -2.07. The first-order valence-electron chi connectivity index (χ1n) is 10.1. The van der Waals surface area contributed by atoms with Crippen LogP contribution in [0.1, 0.15) is 29.3 Å². The molecule has 33 heavy (non-hydrogen) atoms. The van der Waals surface area contributed by atoms with E-state index >= 15 is 0 Å². The van der Waals surface area contributed by atoms with E-state index in [0.29, 0.717) is 47.4 Å². The van der Waals surface area contributed by atoms with E-state index in [0.717, 1.165) is 11.8 Å². The molecule has 0 unspecified atom stereocenters. The summed E-state index contributed by atoms with van der Waals surface area (Å²) in [6, 6.07) is 10.3. The van der Waals surface area contributed by atoms with Gasteiger partial charge in [-0.3, -0.25) is 4.79 Å². The molecule has 0 aliphatic carbocycles. The highest BCUT2D eigenvalue weighted by molar-refractivity contribution is 7.90. The lowest BCUT2D eigenvalue weighted by atomic mass is 10.1. The molecule has 3 aromatic rings. The van der Waals surface area contributed by atoms with E-state index in [1.165, 1.54) is 18.5 Å². The molecule has 0 spiro atoms. The number of methoxy groups -OCH3 is 2. The third-order valence-corrected chi connectivity index (χ3v) is 5.89. The largest absolute Gasteiger partial charge is 0.495 e. The fourth-order valence-corrected chi connectivity index (χ4v) is 3.64. The van der Waals surface area contributed by atoms with Crippen molar-refractivity contribution in [3.05, 3.63) is 59.9 Å². The molecule has 0 bridgehead atoms. The topological polar surface area (TPSA) is 120 Å². The molecular formula is C23H26N4O5S. The molecule has 0 aliphatic rings. The number of anilines is 4. The lowest BCUT2D eigenvalue weighted by Gasteiger charge is -2.16. The van der Waals surface area contributed by atoms with Gasteiger partial charge in [-0.1, -0.05) is 13.0 Å². The van der Waals surface area contributed by atoms with Gasteiger partial charge in [-0.05, 0) is 29.8 Å².